The second-order valence-corrected chi connectivity index (χ2v) is 8.24. The van der Waals surface area contributed by atoms with E-state index < -0.39 is 0 Å². The smallest absolute Gasteiger partial charge is 0.222 e. The van der Waals surface area contributed by atoms with E-state index in [1.54, 1.807) is 4.68 Å². The van der Waals surface area contributed by atoms with E-state index in [0.717, 1.165) is 61.8 Å². The summed E-state index contributed by atoms with van der Waals surface area (Å²) >= 11 is 6.46. The molecule has 1 aromatic rings. The van der Waals surface area contributed by atoms with E-state index in [4.69, 9.17) is 11.6 Å². The van der Waals surface area contributed by atoms with E-state index in [1.165, 1.54) is 31.2 Å². The Labute approximate surface area is 162 Å². The molecular formula is C20H33ClN4O. The van der Waals surface area contributed by atoms with Crippen LogP contribution in [0.15, 0.2) is 0 Å². The number of nitrogens with zero attached hydrogens (tertiary/aromatic N) is 4. The molecule has 0 atom stereocenters. The molecule has 0 spiro atoms. The molecule has 3 heterocycles. The monoisotopic (exact) mass is 380 g/mol. The minimum Gasteiger partial charge on any atom is -0.343 e. The van der Waals surface area contributed by atoms with Crippen LogP contribution in [0.1, 0.15) is 57.2 Å². The average molecular weight is 381 g/mol. The van der Waals surface area contributed by atoms with Crippen molar-refractivity contribution in [3.05, 3.63) is 16.4 Å². The van der Waals surface area contributed by atoms with Crippen molar-refractivity contribution >= 4 is 17.5 Å². The number of hydrogen-bond donors (Lipinski definition) is 0. The van der Waals surface area contributed by atoms with Gasteiger partial charge in [0.2, 0.25) is 5.91 Å². The molecule has 2 aliphatic rings. The zero-order chi connectivity index (χ0) is 18.7. The third-order valence-electron chi connectivity index (χ3n) is 6.36. The minimum atomic E-state index is 0.318. The zero-order valence-electron chi connectivity index (χ0n) is 16.5. The third kappa shape index (κ3) is 4.25. The first-order valence-electron chi connectivity index (χ1n) is 10.2. The lowest BCUT2D eigenvalue weighted by Crippen LogP contribution is -2.42. The number of aryl methyl sites for hydroxylation is 2. The summed E-state index contributed by atoms with van der Waals surface area (Å²) in [5.74, 6) is 1.93. The van der Waals surface area contributed by atoms with E-state index in [9.17, 15) is 4.79 Å². The van der Waals surface area contributed by atoms with Crippen molar-refractivity contribution in [3.63, 3.8) is 0 Å². The van der Waals surface area contributed by atoms with Crippen LogP contribution in [0.5, 0.6) is 0 Å². The number of aromatic nitrogens is 2. The Morgan fingerprint density at radius 3 is 2.19 bits per heavy atom. The van der Waals surface area contributed by atoms with Crippen molar-refractivity contribution in [1.82, 2.24) is 19.6 Å². The SMILES string of the molecule is CCC(=O)N1CCC(C2CCN(Cc3c(CC)nn(C)c3Cl)CC2)CC1. The molecule has 2 saturated heterocycles. The van der Waals surface area contributed by atoms with Gasteiger partial charge in [0.1, 0.15) is 5.15 Å². The Morgan fingerprint density at radius 1 is 1.08 bits per heavy atom. The van der Waals surface area contributed by atoms with Gasteiger partial charge in [-0.05, 0) is 57.0 Å². The van der Waals surface area contributed by atoms with Crippen LogP contribution in [-0.4, -0.2) is 51.7 Å². The average Bonchev–Trinajstić information content (AvgIpc) is 2.96. The van der Waals surface area contributed by atoms with Gasteiger partial charge >= 0.3 is 0 Å². The molecule has 0 aliphatic carbocycles. The topological polar surface area (TPSA) is 41.4 Å². The molecule has 146 valence electrons. The van der Waals surface area contributed by atoms with Crippen LogP contribution in [-0.2, 0) is 24.8 Å². The highest BCUT2D eigenvalue weighted by atomic mass is 35.5. The van der Waals surface area contributed by atoms with Gasteiger partial charge in [0.05, 0.1) is 5.69 Å². The second-order valence-electron chi connectivity index (χ2n) is 7.88. The van der Waals surface area contributed by atoms with Crippen LogP contribution < -0.4 is 0 Å². The number of likely N-dealkylation sites (tertiary alicyclic amines) is 2. The number of hydrogen-bond acceptors (Lipinski definition) is 3. The molecule has 0 unspecified atom stereocenters. The molecule has 0 aromatic carbocycles. The van der Waals surface area contributed by atoms with E-state index >= 15 is 0 Å². The maximum absolute atomic E-state index is 11.8. The van der Waals surface area contributed by atoms with Gasteiger partial charge in [0, 0.05) is 38.7 Å². The first-order valence-corrected chi connectivity index (χ1v) is 10.6. The maximum Gasteiger partial charge on any atom is 0.222 e. The van der Waals surface area contributed by atoms with Gasteiger partial charge < -0.3 is 4.90 Å². The molecule has 3 rings (SSSR count). The van der Waals surface area contributed by atoms with Crippen molar-refractivity contribution in [1.29, 1.82) is 0 Å². The Hall–Kier alpha value is -1.07. The highest BCUT2D eigenvalue weighted by Gasteiger charge is 2.31. The fourth-order valence-electron chi connectivity index (χ4n) is 4.69. The lowest BCUT2D eigenvalue weighted by Gasteiger charge is -2.40. The number of rotatable bonds is 5. The Kier molecular flexibility index (Phi) is 6.62. The molecular weight excluding hydrogens is 348 g/mol. The number of halogens is 1. The van der Waals surface area contributed by atoms with Crippen LogP contribution in [0.3, 0.4) is 0 Å². The fraction of sp³-hybridized carbons (Fsp3) is 0.800. The normalized spacial score (nSPS) is 20.7. The van der Waals surface area contributed by atoms with Crippen molar-refractivity contribution < 1.29 is 4.79 Å². The van der Waals surface area contributed by atoms with Crippen LogP contribution >= 0.6 is 11.6 Å². The second kappa shape index (κ2) is 8.75. The van der Waals surface area contributed by atoms with Gasteiger partial charge in [-0.15, -0.1) is 0 Å². The highest BCUT2D eigenvalue weighted by molar-refractivity contribution is 6.30. The summed E-state index contributed by atoms with van der Waals surface area (Å²) < 4.78 is 1.80. The first kappa shape index (κ1) is 19.7. The van der Waals surface area contributed by atoms with Crippen molar-refractivity contribution in [2.24, 2.45) is 18.9 Å². The Morgan fingerprint density at radius 2 is 1.65 bits per heavy atom. The molecule has 1 amide bonds. The number of piperidine rings is 2. The predicted octanol–water partition coefficient (Wildman–Crippen LogP) is 3.50. The molecule has 6 heteroatoms. The molecule has 0 saturated carbocycles. The number of carbonyl (C=O) groups excluding carboxylic acids is 1. The minimum absolute atomic E-state index is 0.318. The maximum atomic E-state index is 11.8. The Bertz CT molecular complexity index is 614. The molecule has 26 heavy (non-hydrogen) atoms. The highest BCUT2D eigenvalue weighted by Crippen LogP contribution is 2.33. The largest absolute Gasteiger partial charge is 0.343 e. The van der Waals surface area contributed by atoms with E-state index in [-0.39, 0.29) is 0 Å². The zero-order valence-corrected chi connectivity index (χ0v) is 17.3. The van der Waals surface area contributed by atoms with Gasteiger partial charge in [-0.2, -0.15) is 5.10 Å². The molecule has 5 nitrogen and oxygen atoms in total. The summed E-state index contributed by atoms with van der Waals surface area (Å²) in [5, 5.41) is 5.33. The van der Waals surface area contributed by atoms with Gasteiger partial charge in [0.25, 0.3) is 0 Å². The summed E-state index contributed by atoms with van der Waals surface area (Å²) in [6.45, 7) is 9.24. The molecule has 0 bridgehead atoms. The van der Waals surface area contributed by atoms with Crippen LogP contribution in [0.4, 0.5) is 0 Å². The predicted molar refractivity (Wildman–Crippen MR) is 105 cm³/mol. The summed E-state index contributed by atoms with van der Waals surface area (Å²) in [5.41, 5.74) is 2.34. The molecule has 2 aliphatic heterocycles. The van der Waals surface area contributed by atoms with Crippen LogP contribution in [0.2, 0.25) is 5.15 Å². The molecule has 1 aromatic heterocycles. The van der Waals surface area contributed by atoms with Crippen LogP contribution in [0.25, 0.3) is 0 Å². The summed E-state index contributed by atoms with van der Waals surface area (Å²) in [7, 11) is 1.92. The van der Waals surface area contributed by atoms with Crippen molar-refractivity contribution in [3.8, 4) is 0 Å². The lowest BCUT2D eigenvalue weighted by molar-refractivity contribution is -0.132. The van der Waals surface area contributed by atoms with Crippen LogP contribution in [0, 0.1) is 11.8 Å². The van der Waals surface area contributed by atoms with Crippen molar-refractivity contribution in [2.45, 2.75) is 58.9 Å². The van der Waals surface area contributed by atoms with Gasteiger partial charge in [-0.1, -0.05) is 25.4 Å². The van der Waals surface area contributed by atoms with Gasteiger partial charge in [-0.25, -0.2) is 0 Å². The number of carbonyl (C=O) groups is 1. The number of amides is 1. The van der Waals surface area contributed by atoms with E-state index in [0.29, 0.717) is 12.3 Å². The fourth-order valence-corrected chi connectivity index (χ4v) is 4.90. The Balaban J connectivity index is 1.49. The summed E-state index contributed by atoms with van der Waals surface area (Å²) in [4.78, 5) is 16.4. The molecule has 2 fully saturated rings. The van der Waals surface area contributed by atoms with Gasteiger partial charge in [-0.3, -0.25) is 14.4 Å². The summed E-state index contributed by atoms with van der Waals surface area (Å²) in [6, 6.07) is 0. The lowest BCUT2D eigenvalue weighted by atomic mass is 9.78. The first-order chi connectivity index (χ1) is 12.5. The molecule has 0 N–H and O–H groups in total. The van der Waals surface area contributed by atoms with Crippen molar-refractivity contribution in [2.75, 3.05) is 26.2 Å². The summed E-state index contributed by atoms with van der Waals surface area (Å²) in [6.07, 6.45) is 6.48. The molecule has 0 radical (unpaired) electrons. The standard InChI is InChI=1S/C20H33ClN4O/c1-4-18-17(20(21)23(3)22-18)14-24-10-6-15(7-11-24)16-8-12-25(13-9-16)19(26)5-2/h15-16H,4-14H2,1-3H3. The van der Waals surface area contributed by atoms with Gasteiger partial charge in [0.15, 0.2) is 0 Å². The third-order valence-corrected chi connectivity index (χ3v) is 6.84. The quantitative estimate of drug-likeness (QED) is 0.785. The van der Waals surface area contributed by atoms with E-state index in [2.05, 4.69) is 21.8 Å². The van der Waals surface area contributed by atoms with E-state index in [1.807, 2.05) is 14.0 Å².